The van der Waals surface area contributed by atoms with Crippen LogP contribution >= 0.6 is 23.2 Å². The molecule has 2 heterocycles. The third-order valence-electron chi connectivity index (χ3n) is 1.22. The van der Waals surface area contributed by atoms with E-state index in [0.717, 1.165) is 0 Å². The first-order chi connectivity index (χ1) is 4.72. The van der Waals surface area contributed by atoms with Crippen LogP contribution in [0.1, 0.15) is 0 Å². The Hall–Kier alpha value is -0.120. The molecule has 5 heteroatoms. The van der Waals surface area contributed by atoms with Crippen LogP contribution in [0.25, 0.3) is 0 Å². The van der Waals surface area contributed by atoms with Gasteiger partial charge in [-0.25, -0.2) is 9.19 Å². The van der Waals surface area contributed by atoms with Crippen molar-refractivity contribution >= 4 is 34.0 Å². The zero-order valence-electron chi connectivity index (χ0n) is 4.60. The molecule has 0 fully saturated rings. The number of halogens is 2. The maximum atomic E-state index is 10.8. The molecule has 1 aliphatic heterocycles. The predicted molar refractivity (Wildman–Crippen MR) is 38.9 cm³/mol. The first-order valence-corrected chi connectivity index (χ1v) is 4.38. The standard InChI is InChI=1S/C5HCl2NOS/c6-2-1-8-5-4(3(2)7)10(5)9/h1H. The minimum atomic E-state index is -1.06. The summed E-state index contributed by atoms with van der Waals surface area (Å²) in [4.78, 5) is 4.39. The molecule has 52 valence electrons. The molecule has 0 aliphatic carbocycles. The topological polar surface area (TPSA) is 30.0 Å². The Morgan fingerprint density at radius 1 is 1.50 bits per heavy atom. The van der Waals surface area contributed by atoms with Crippen molar-refractivity contribution in [2.24, 2.45) is 0 Å². The van der Waals surface area contributed by atoms with Gasteiger partial charge in [0.05, 0.1) is 10.0 Å². The van der Waals surface area contributed by atoms with Crippen LogP contribution in [0, 0.1) is 0 Å². The first kappa shape index (κ1) is 6.58. The minimum absolute atomic E-state index is 0.367. The predicted octanol–water partition coefficient (Wildman–Crippen LogP) is 1.87. The summed E-state index contributed by atoms with van der Waals surface area (Å²) in [5, 5.41) is 1.31. The highest BCUT2D eigenvalue weighted by atomic mass is 35.5. The summed E-state index contributed by atoms with van der Waals surface area (Å²) in [6.07, 6.45) is 1.41. The fourth-order valence-corrected chi connectivity index (χ4v) is 2.23. The van der Waals surface area contributed by atoms with Gasteiger partial charge in [0, 0.05) is 6.20 Å². The second kappa shape index (κ2) is 1.94. The molecule has 1 aromatic heterocycles. The molecule has 1 unspecified atom stereocenters. The SMILES string of the molecule is O=S1c2ncc(Cl)c(Cl)c21. The molecule has 0 bridgehead atoms. The van der Waals surface area contributed by atoms with Gasteiger partial charge in [0.25, 0.3) is 0 Å². The van der Waals surface area contributed by atoms with Crippen molar-refractivity contribution in [1.29, 1.82) is 0 Å². The molecule has 0 amide bonds. The van der Waals surface area contributed by atoms with Crippen LogP contribution < -0.4 is 0 Å². The van der Waals surface area contributed by atoms with E-state index in [0.29, 0.717) is 20.0 Å². The Morgan fingerprint density at radius 3 is 2.80 bits per heavy atom. The van der Waals surface area contributed by atoms with Gasteiger partial charge in [-0.3, -0.25) is 0 Å². The summed E-state index contributed by atoms with van der Waals surface area (Å²) in [7, 11) is -1.06. The summed E-state index contributed by atoms with van der Waals surface area (Å²) in [5.74, 6) is 0. The smallest absolute Gasteiger partial charge is 0.150 e. The summed E-state index contributed by atoms with van der Waals surface area (Å²) < 4.78 is 10.8. The Morgan fingerprint density at radius 2 is 2.20 bits per heavy atom. The molecule has 0 aromatic carbocycles. The molecule has 1 aliphatic rings. The zero-order chi connectivity index (χ0) is 7.30. The van der Waals surface area contributed by atoms with Gasteiger partial charge in [-0.15, -0.1) is 0 Å². The average molecular weight is 194 g/mol. The number of nitrogens with zero attached hydrogens (tertiary/aromatic N) is 1. The number of rotatable bonds is 0. The van der Waals surface area contributed by atoms with E-state index in [9.17, 15) is 4.21 Å². The highest BCUT2D eigenvalue weighted by Gasteiger charge is 2.35. The fourth-order valence-electron chi connectivity index (χ4n) is 0.690. The molecule has 0 radical (unpaired) electrons. The van der Waals surface area contributed by atoms with Gasteiger partial charge in [0.15, 0.2) is 0 Å². The molecule has 10 heavy (non-hydrogen) atoms. The lowest BCUT2D eigenvalue weighted by Crippen LogP contribution is -1.68. The van der Waals surface area contributed by atoms with Crippen molar-refractivity contribution in [3.63, 3.8) is 0 Å². The number of pyridine rings is 1. The third-order valence-corrected chi connectivity index (χ3v) is 3.33. The Bertz CT molecular complexity index is 339. The molecule has 0 spiro atoms. The summed E-state index contributed by atoms with van der Waals surface area (Å²) >= 11 is 11.2. The van der Waals surface area contributed by atoms with Crippen LogP contribution in [-0.2, 0) is 10.8 Å². The lowest BCUT2D eigenvalue weighted by molar-refractivity contribution is 0.692. The Labute approximate surface area is 69.6 Å². The van der Waals surface area contributed by atoms with Gasteiger partial charge in [-0.1, -0.05) is 23.2 Å². The molecule has 1 aromatic rings. The molecule has 2 nitrogen and oxygen atoms in total. The normalized spacial score (nSPS) is 20.4. The van der Waals surface area contributed by atoms with Crippen molar-refractivity contribution in [3.05, 3.63) is 16.2 Å². The van der Waals surface area contributed by atoms with Crippen LogP contribution in [0.15, 0.2) is 16.1 Å². The maximum Gasteiger partial charge on any atom is 0.150 e. The second-order valence-corrected chi connectivity index (χ2v) is 3.94. The molecular weight excluding hydrogens is 193 g/mol. The van der Waals surface area contributed by atoms with Gasteiger partial charge in [-0.2, -0.15) is 0 Å². The van der Waals surface area contributed by atoms with E-state index in [1.165, 1.54) is 6.20 Å². The highest BCUT2D eigenvalue weighted by Crippen LogP contribution is 2.42. The van der Waals surface area contributed by atoms with Crippen molar-refractivity contribution in [2.75, 3.05) is 0 Å². The summed E-state index contributed by atoms with van der Waals surface area (Å²) in [6, 6.07) is 0. The van der Waals surface area contributed by atoms with E-state index in [1.54, 1.807) is 0 Å². The maximum absolute atomic E-state index is 10.8. The Balaban J connectivity index is 2.74. The number of hydrogen-bond acceptors (Lipinski definition) is 2. The molecule has 1 atom stereocenters. The minimum Gasteiger partial charge on any atom is -0.247 e. The Kier molecular flexibility index (Phi) is 1.27. The van der Waals surface area contributed by atoms with Crippen molar-refractivity contribution in [2.45, 2.75) is 9.92 Å². The second-order valence-electron chi connectivity index (χ2n) is 1.82. The van der Waals surface area contributed by atoms with Crippen LogP contribution in [0.2, 0.25) is 10.0 Å². The lowest BCUT2D eigenvalue weighted by Gasteiger charge is -1.85. The summed E-state index contributed by atoms with van der Waals surface area (Å²) in [6.45, 7) is 0. The number of hydrogen-bond donors (Lipinski definition) is 0. The van der Waals surface area contributed by atoms with Crippen LogP contribution in [0.4, 0.5) is 0 Å². The number of aromatic nitrogens is 1. The fraction of sp³-hybridized carbons (Fsp3) is 0. The van der Waals surface area contributed by atoms with E-state index in [4.69, 9.17) is 23.2 Å². The molecule has 0 N–H and O–H groups in total. The van der Waals surface area contributed by atoms with Gasteiger partial charge in [0.2, 0.25) is 0 Å². The van der Waals surface area contributed by atoms with Crippen LogP contribution in [0.3, 0.4) is 0 Å². The van der Waals surface area contributed by atoms with E-state index in [-0.39, 0.29) is 0 Å². The first-order valence-electron chi connectivity index (χ1n) is 2.47. The molecule has 2 rings (SSSR count). The van der Waals surface area contributed by atoms with Crippen LogP contribution in [-0.4, -0.2) is 9.19 Å². The van der Waals surface area contributed by atoms with Crippen molar-refractivity contribution in [3.8, 4) is 0 Å². The lowest BCUT2D eigenvalue weighted by atomic mass is 10.5. The largest absolute Gasteiger partial charge is 0.247 e. The van der Waals surface area contributed by atoms with Crippen molar-refractivity contribution < 1.29 is 4.21 Å². The summed E-state index contributed by atoms with van der Waals surface area (Å²) in [5.41, 5.74) is 0. The van der Waals surface area contributed by atoms with Gasteiger partial charge >= 0.3 is 0 Å². The van der Waals surface area contributed by atoms with E-state index in [1.807, 2.05) is 0 Å². The molecular formula is C5HCl2NOS. The van der Waals surface area contributed by atoms with E-state index in [2.05, 4.69) is 4.98 Å². The molecule has 0 saturated carbocycles. The zero-order valence-corrected chi connectivity index (χ0v) is 6.93. The van der Waals surface area contributed by atoms with Gasteiger partial charge in [-0.05, 0) is 0 Å². The van der Waals surface area contributed by atoms with Gasteiger partial charge < -0.3 is 0 Å². The van der Waals surface area contributed by atoms with Gasteiger partial charge in [0.1, 0.15) is 20.7 Å². The monoisotopic (exact) mass is 193 g/mol. The number of fused-ring (bicyclic) bond motifs is 1. The highest BCUT2D eigenvalue weighted by molar-refractivity contribution is 7.90. The quantitative estimate of drug-likeness (QED) is 0.599. The third kappa shape index (κ3) is 0.713. The van der Waals surface area contributed by atoms with Crippen LogP contribution in [0.5, 0.6) is 0 Å². The van der Waals surface area contributed by atoms with E-state index >= 15 is 0 Å². The van der Waals surface area contributed by atoms with E-state index < -0.39 is 10.8 Å². The average Bonchev–Trinajstić information content (AvgIpc) is 2.54. The molecule has 0 saturated heterocycles. The van der Waals surface area contributed by atoms with Crippen molar-refractivity contribution in [1.82, 2.24) is 4.98 Å².